The van der Waals surface area contributed by atoms with Gasteiger partial charge < -0.3 is 14.4 Å². The van der Waals surface area contributed by atoms with Gasteiger partial charge in [0.05, 0.1) is 22.3 Å². The van der Waals surface area contributed by atoms with E-state index in [0.717, 1.165) is 78.1 Å². The molecule has 0 amide bonds. The maximum absolute atomic E-state index is 10.8. The Balaban J connectivity index is 0.977. The largest absolute Gasteiger partial charge is 0.311 e. The molecule has 0 spiro atoms. The van der Waals surface area contributed by atoms with Gasteiger partial charge in [0.2, 0.25) is 0 Å². The van der Waals surface area contributed by atoms with Crippen molar-refractivity contribution in [2.45, 2.75) is 0 Å². The number of para-hydroxylation sites is 5. The van der Waals surface area contributed by atoms with Crippen molar-refractivity contribution >= 4 is 79.0 Å². The lowest BCUT2D eigenvalue weighted by atomic mass is 9.33. The van der Waals surface area contributed by atoms with Crippen LogP contribution < -0.4 is 26.2 Å². The summed E-state index contributed by atoms with van der Waals surface area (Å²) in [6, 6.07) is 87.7. The molecule has 0 radical (unpaired) electrons. The van der Waals surface area contributed by atoms with E-state index in [-0.39, 0.29) is 6.71 Å². The number of benzene rings is 10. The van der Waals surface area contributed by atoms with Crippen molar-refractivity contribution in [1.82, 2.24) is 19.5 Å². The molecule has 0 unspecified atom stereocenters. The highest BCUT2D eigenvalue weighted by molar-refractivity contribution is 7.00. The van der Waals surface area contributed by atoms with E-state index in [4.69, 9.17) is 15.0 Å². The number of hydrogen-bond acceptors (Lipinski definition) is 6. The van der Waals surface area contributed by atoms with E-state index in [2.05, 4.69) is 184 Å². The number of aromatic nitrogens is 4. The molecule has 334 valence electrons. The summed E-state index contributed by atoms with van der Waals surface area (Å²) in [5.74, 6) is 1.68. The van der Waals surface area contributed by atoms with E-state index in [1.54, 1.807) is 0 Å². The van der Waals surface area contributed by atoms with Crippen LogP contribution in [0.4, 0.5) is 34.1 Å². The van der Waals surface area contributed by atoms with Gasteiger partial charge in [-0.25, -0.2) is 15.0 Å². The zero-order chi connectivity index (χ0) is 47.7. The predicted octanol–water partition coefficient (Wildman–Crippen LogP) is 13.6. The van der Waals surface area contributed by atoms with Crippen LogP contribution in [0.25, 0.3) is 72.8 Å². The van der Waals surface area contributed by atoms with Crippen molar-refractivity contribution in [2.24, 2.45) is 0 Å². The second-order valence-corrected chi connectivity index (χ2v) is 18.3. The third-order valence-corrected chi connectivity index (χ3v) is 14.2. The SMILES string of the molecule is N#Cc1ccc(-c2nc(-c3ccccc3)nc(-c3ccccc3)n2)cc1-n1c2ccccc2c2cc(-c3cc4c5c(c3)N(c3ccccc3)c3ccccc3B5c3ccccc3N4c3ccccc3)ccc21. The van der Waals surface area contributed by atoms with Crippen LogP contribution in [0.5, 0.6) is 0 Å². The van der Waals surface area contributed by atoms with Gasteiger partial charge in [0.25, 0.3) is 6.71 Å². The second-order valence-electron chi connectivity index (χ2n) is 18.3. The van der Waals surface area contributed by atoms with Gasteiger partial charge in [0.1, 0.15) is 6.07 Å². The maximum atomic E-state index is 10.8. The second kappa shape index (κ2) is 16.7. The zero-order valence-electron chi connectivity index (χ0n) is 38.8. The lowest BCUT2D eigenvalue weighted by molar-refractivity contribution is 1.07. The van der Waals surface area contributed by atoms with Crippen LogP contribution in [0.1, 0.15) is 5.56 Å². The van der Waals surface area contributed by atoms with Gasteiger partial charge in [-0.3, -0.25) is 0 Å². The summed E-state index contributed by atoms with van der Waals surface area (Å²) in [7, 11) is 0. The summed E-state index contributed by atoms with van der Waals surface area (Å²) in [5.41, 5.74) is 18.7. The molecule has 2 aromatic heterocycles. The van der Waals surface area contributed by atoms with Crippen LogP contribution >= 0.6 is 0 Å². The zero-order valence-corrected chi connectivity index (χ0v) is 38.8. The van der Waals surface area contributed by atoms with Crippen LogP contribution in [0.2, 0.25) is 0 Å². The molecule has 4 heterocycles. The van der Waals surface area contributed by atoms with E-state index in [1.807, 2.05) is 78.9 Å². The van der Waals surface area contributed by atoms with Crippen molar-refractivity contribution in [1.29, 1.82) is 5.26 Å². The fourth-order valence-electron chi connectivity index (χ4n) is 11.1. The van der Waals surface area contributed by atoms with Crippen LogP contribution in [0, 0.1) is 11.3 Å². The molecule has 0 N–H and O–H groups in total. The molecule has 0 saturated heterocycles. The molecule has 7 nitrogen and oxygen atoms in total. The smallest absolute Gasteiger partial charge is 0.252 e. The molecular formula is C64H40BN7. The number of nitrogens with zero attached hydrogens (tertiary/aromatic N) is 7. The first kappa shape index (κ1) is 41.2. The van der Waals surface area contributed by atoms with E-state index < -0.39 is 0 Å². The fourth-order valence-corrected chi connectivity index (χ4v) is 11.1. The van der Waals surface area contributed by atoms with Crippen LogP contribution in [-0.2, 0) is 0 Å². The molecule has 2 aliphatic heterocycles. The van der Waals surface area contributed by atoms with Crippen molar-refractivity contribution in [3.63, 3.8) is 0 Å². The third-order valence-electron chi connectivity index (χ3n) is 14.2. The molecule has 2 aliphatic rings. The predicted molar refractivity (Wildman–Crippen MR) is 295 cm³/mol. The minimum absolute atomic E-state index is 0.0225. The normalized spacial score (nSPS) is 12.3. The Labute approximate surface area is 416 Å². The Hall–Kier alpha value is -9.84. The van der Waals surface area contributed by atoms with Crippen LogP contribution in [0.3, 0.4) is 0 Å². The first-order valence-electron chi connectivity index (χ1n) is 24.2. The molecule has 0 atom stereocenters. The van der Waals surface area contributed by atoms with Crippen molar-refractivity contribution in [3.8, 4) is 57.0 Å². The standard InChI is InChI=1S/C64H40BN7/c66-41-46-34-33-45(64-68-62(42-19-5-1-6-20-42)67-63(69-64)43-21-7-2-8-22-43)38-58(46)72-54-30-16-13-27-50(54)51-37-44(35-36-55(51)72)47-39-59-61-60(40-47)71(49-25-11-4-12-26-49)57-32-18-15-29-53(57)65(61)52-28-14-17-31-56(52)70(59)48-23-9-3-10-24-48/h1-40H. The van der Waals surface area contributed by atoms with Gasteiger partial charge >= 0.3 is 0 Å². The van der Waals surface area contributed by atoms with Gasteiger partial charge in [0.15, 0.2) is 17.5 Å². The summed E-state index contributed by atoms with van der Waals surface area (Å²) in [6.45, 7) is 0.0225. The summed E-state index contributed by atoms with van der Waals surface area (Å²) < 4.78 is 2.22. The molecule has 72 heavy (non-hydrogen) atoms. The van der Waals surface area contributed by atoms with Crippen LogP contribution in [0.15, 0.2) is 243 Å². The molecular weight excluding hydrogens is 878 g/mol. The number of rotatable bonds is 7. The molecule has 14 rings (SSSR count). The van der Waals surface area contributed by atoms with Gasteiger partial charge in [-0.15, -0.1) is 0 Å². The first-order chi connectivity index (χ1) is 35.7. The topological polar surface area (TPSA) is 73.9 Å². The average Bonchev–Trinajstić information content (AvgIpc) is 3.79. The molecule has 0 bridgehead atoms. The van der Waals surface area contributed by atoms with Gasteiger partial charge in [-0.05, 0) is 112 Å². The Kier molecular flexibility index (Phi) is 9.54. The van der Waals surface area contributed by atoms with Gasteiger partial charge in [0, 0.05) is 61.6 Å². The first-order valence-corrected chi connectivity index (χ1v) is 24.2. The molecule has 0 aliphatic carbocycles. The fraction of sp³-hybridized carbons (Fsp3) is 0. The van der Waals surface area contributed by atoms with Gasteiger partial charge in [-0.2, -0.15) is 5.26 Å². The summed E-state index contributed by atoms with van der Waals surface area (Å²) in [6.07, 6.45) is 0. The molecule has 10 aromatic carbocycles. The third kappa shape index (κ3) is 6.56. The van der Waals surface area contributed by atoms with E-state index in [9.17, 15) is 5.26 Å². The van der Waals surface area contributed by atoms with E-state index in [1.165, 1.54) is 27.8 Å². The lowest BCUT2D eigenvalue weighted by Crippen LogP contribution is -2.61. The molecule has 12 aromatic rings. The highest BCUT2D eigenvalue weighted by Gasteiger charge is 2.43. The lowest BCUT2D eigenvalue weighted by Gasteiger charge is -2.44. The minimum Gasteiger partial charge on any atom is -0.311 e. The van der Waals surface area contributed by atoms with Crippen molar-refractivity contribution < 1.29 is 0 Å². The molecule has 0 saturated carbocycles. The average molecular weight is 918 g/mol. The summed E-state index contributed by atoms with van der Waals surface area (Å²) in [5, 5.41) is 13.0. The molecule has 0 fully saturated rings. The number of nitriles is 1. The number of anilines is 6. The quantitative estimate of drug-likeness (QED) is 0.148. The van der Waals surface area contributed by atoms with Crippen molar-refractivity contribution in [3.05, 3.63) is 248 Å². The maximum Gasteiger partial charge on any atom is 0.252 e. The Morgan fingerprint density at radius 1 is 0.347 bits per heavy atom. The Morgan fingerprint density at radius 3 is 1.38 bits per heavy atom. The monoisotopic (exact) mass is 917 g/mol. The van der Waals surface area contributed by atoms with Gasteiger partial charge in [-0.1, -0.05) is 158 Å². The number of fused-ring (bicyclic) bond motifs is 7. The number of hydrogen-bond donors (Lipinski definition) is 0. The summed E-state index contributed by atoms with van der Waals surface area (Å²) >= 11 is 0. The highest BCUT2D eigenvalue weighted by Crippen LogP contribution is 2.47. The highest BCUT2D eigenvalue weighted by atomic mass is 15.2. The van der Waals surface area contributed by atoms with Crippen LogP contribution in [-0.4, -0.2) is 26.2 Å². The minimum atomic E-state index is 0.0225. The van der Waals surface area contributed by atoms with E-state index >= 15 is 0 Å². The van der Waals surface area contributed by atoms with Crippen molar-refractivity contribution in [2.75, 3.05) is 9.80 Å². The Morgan fingerprint density at radius 2 is 0.806 bits per heavy atom. The summed E-state index contributed by atoms with van der Waals surface area (Å²) in [4.78, 5) is 19.9. The van der Waals surface area contributed by atoms with E-state index in [0.29, 0.717) is 23.0 Å². The molecule has 8 heteroatoms. The Bertz CT molecular complexity index is 3960.